The molecule has 0 unspecified atom stereocenters. The normalized spacial score (nSPS) is 11.4. The molecule has 1 heterocycles. The molecule has 0 aromatic carbocycles. The molecule has 0 amide bonds. The third kappa shape index (κ3) is 3.00. The second kappa shape index (κ2) is 4.79. The molecule has 0 saturated heterocycles. The van der Waals surface area contributed by atoms with Gasteiger partial charge in [0.15, 0.2) is 0 Å². The number of rotatable bonds is 2. The zero-order valence-electron chi connectivity index (χ0n) is 8.64. The SMILES string of the molecule is CCOC(=O)c1c(Cl)cc(C(F)(F)F)nc1N. The van der Waals surface area contributed by atoms with Crippen molar-refractivity contribution < 1.29 is 22.7 Å². The van der Waals surface area contributed by atoms with E-state index in [1.54, 1.807) is 6.92 Å². The monoisotopic (exact) mass is 268 g/mol. The average molecular weight is 269 g/mol. The second-order valence-corrected chi connectivity index (χ2v) is 3.37. The van der Waals surface area contributed by atoms with Gasteiger partial charge in [0.25, 0.3) is 0 Å². The first-order valence-corrected chi connectivity index (χ1v) is 4.85. The molecule has 0 saturated carbocycles. The van der Waals surface area contributed by atoms with E-state index in [9.17, 15) is 18.0 Å². The third-order valence-electron chi connectivity index (χ3n) is 1.77. The van der Waals surface area contributed by atoms with Crippen LogP contribution in [0.5, 0.6) is 0 Å². The van der Waals surface area contributed by atoms with Crippen molar-refractivity contribution in [1.82, 2.24) is 4.98 Å². The van der Waals surface area contributed by atoms with E-state index in [-0.39, 0.29) is 12.2 Å². The first kappa shape index (κ1) is 13.6. The third-order valence-corrected chi connectivity index (χ3v) is 2.07. The van der Waals surface area contributed by atoms with Gasteiger partial charge in [-0.05, 0) is 13.0 Å². The minimum absolute atomic E-state index is 0.0512. The summed E-state index contributed by atoms with van der Waals surface area (Å²) in [5.74, 6) is -1.51. The van der Waals surface area contributed by atoms with Crippen molar-refractivity contribution >= 4 is 23.4 Å². The van der Waals surface area contributed by atoms with Gasteiger partial charge < -0.3 is 10.5 Å². The summed E-state index contributed by atoms with van der Waals surface area (Å²) in [5, 5.41) is -0.441. The summed E-state index contributed by atoms with van der Waals surface area (Å²) in [6.07, 6.45) is -4.68. The van der Waals surface area contributed by atoms with Crippen LogP contribution in [-0.4, -0.2) is 17.6 Å². The average Bonchev–Trinajstić information content (AvgIpc) is 2.15. The fourth-order valence-electron chi connectivity index (χ4n) is 1.08. The van der Waals surface area contributed by atoms with Crippen LogP contribution in [0.4, 0.5) is 19.0 Å². The highest BCUT2D eigenvalue weighted by Crippen LogP contribution is 2.32. The van der Waals surface area contributed by atoms with Crippen LogP contribution in [0.1, 0.15) is 23.0 Å². The number of carbonyl (C=O) groups is 1. The molecule has 4 nitrogen and oxygen atoms in total. The Morgan fingerprint density at radius 1 is 1.59 bits per heavy atom. The van der Waals surface area contributed by atoms with E-state index in [4.69, 9.17) is 17.3 Å². The van der Waals surface area contributed by atoms with E-state index >= 15 is 0 Å². The Kier molecular flexibility index (Phi) is 3.82. The van der Waals surface area contributed by atoms with Gasteiger partial charge in [0.05, 0.1) is 11.6 Å². The van der Waals surface area contributed by atoms with Crippen LogP contribution in [0.15, 0.2) is 6.07 Å². The van der Waals surface area contributed by atoms with Gasteiger partial charge in [-0.15, -0.1) is 0 Å². The number of aromatic nitrogens is 1. The van der Waals surface area contributed by atoms with Gasteiger partial charge in [-0.2, -0.15) is 13.2 Å². The lowest BCUT2D eigenvalue weighted by Gasteiger charge is -2.11. The number of halogens is 4. The lowest BCUT2D eigenvalue weighted by Crippen LogP contribution is -2.15. The highest BCUT2D eigenvalue weighted by atomic mass is 35.5. The summed E-state index contributed by atoms with van der Waals surface area (Å²) in [7, 11) is 0. The fourth-order valence-corrected chi connectivity index (χ4v) is 1.36. The van der Waals surface area contributed by atoms with E-state index in [2.05, 4.69) is 9.72 Å². The van der Waals surface area contributed by atoms with E-state index in [0.29, 0.717) is 6.07 Å². The number of hydrogen-bond acceptors (Lipinski definition) is 4. The van der Waals surface area contributed by atoms with Crippen LogP contribution in [-0.2, 0) is 10.9 Å². The van der Waals surface area contributed by atoms with Crippen LogP contribution in [0, 0.1) is 0 Å². The number of nitrogen functional groups attached to an aromatic ring is 1. The Labute approximate surface area is 99.5 Å². The Morgan fingerprint density at radius 3 is 2.59 bits per heavy atom. The van der Waals surface area contributed by atoms with E-state index < -0.39 is 28.7 Å². The van der Waals surface area contributed by atoms with Crippen molar-refractivity contribution in [3.8, 4) is 0 Å². The summed E-state index contributed by atoms with van der Waals surface area (Å²) in [4.78, 5) is 14.4. The minimum atomic E-state index is -4.68. The molecule has 0 fully saturated rings. The maximum atomic E-state index is 12.3. The summed E-state index contributed by atoms with van der Waals surface area (Å²) in [6.45, 7) is 1.59. The number of nitrogens with two attached hydrogens (primary N) is 1. The zero-order valence-corrected chi connectivity index (χ0v) is 9.39. The topological polar surface area (TPSA) is 65.2 Å². The molecule has 0 bridgehead atoms. The Balaban J connectivity index is 3.25. The Morgan fingerprint density at radius 2 is 2.18 bits per heavy atom. The van der Waals surface area contributed by atoms with Gasteiger partial charge in [0, 0.05) is 0 Å². The molecule has 0 radical (unpaired) electrons. The number of hydrogen-bond donors (Lipinski definition) is 1. The summed E-state index contributed by atoms with van der Waals surface area (Å²) < 4.78 is 41.6. The summed E-state index contributed by atoms with van der Waals surface area (Å²) >= 11 is 5.55. The van der Waals surface area contributed by atoms with Crippen molar-refractivity contribution in [2.24, 2.45) is 0 Å². The van der Waals surface area contributed by atoms with Gasteiger partial charge in [-0.3, -0.25) is 0 Å². The predicted octanol–water partition coefficient (Wildman–Crippen LogP) is 2.51. The molecule has 0 spiro atoms. The largest absolute Gasteiger partial charge is 0.462 e. The van der Waals surface area contributed by atoms with Crippen LogP contribution in [0.2, 0.25) is 5.02 Å². The van der Waals surface area contributed by atoms with Gasteiger partial charge in [-0.1, -0.05) is 11.6 Å². The van der Waals surface area contributed by atoms with Crippen LogP contribution < -0.4 is 5.73 Å². The fraction of sp³-hybridized carbons (Fsp3) is 0.333. The van der Waals surface area contributed by atoms with E-state index in [0.717, 1.165) is 0 Å². The number of esters is 1. The van der Waals surface area contributed by atoms with Crippen molar-refractivity contribution in [2.45, 2.75) is 13.1 Å². The smallest absolute Gasteiger partial charge is 0.433 e. The maximum absolute atomic E-state index is 12.3. The molecule has 1 aromatic heterocycles. The highest BCUT2D eigenvalue weighted by molar-refractivity contribution is 6.34. The maximum Gasteiger partial charge on any atom is 0.433 e. The molecular formula is C9H8ClF3N2O2. The second-order valence-electron chi connectivity index (χ2n) is 2.97. The number of ether oxygens (including phenoxy) is 1. The molecule has 0 aliphatic carbocycles. The van der Waals surface area contributed by atoms with E-state index in [1.807, 2.05) is 0 Å². The lowest BCUT2D eigenvalue weighted by molar-refractivity contribution is -0.141. The number of anilines is 1. The molecular weight excluding hydrogens is 261 g/mol. The van der Waals surface area contributed by atoms with Crippen LogP contribution in [0.3, 0.4) is 0 Å². The van der Waals surface area contributed by atoms with Crippen molar-refractivity contribution in [3.63, 3.8) is 0 Å². The standard InChI is InChI=1S/C9H8ClF3N2O2/c1-2-17-8(16)6-4(10)3-5(9(11,12)13)15-7(6)14/h3H,2H2,1H3,(H2,14,15). The minimum Gasteiger partial charge on any atom is -0.462 e. The molecule has 0 aliphatic heterocycles. The van der Waals surface area contributed by atoms with Crippen LogP contribution in [0.25, 0.3) is 0 Å². The van der Waals surface area contributed by atoms with Crippen LogP contribution >= 0.6 is 11.6 Å². The number of carbonyl (C=O) groups excluding carboxylic acids is 1. The van der Waals surface area contributed by atoms with Crippen molar-refractivity contribution in [3.05, 3.63) is 22.3 Å². The molecule has 0 atom stereocenters. The van der Waals surface area contributed by atoms with Gasteiger partial charge in [-0.25, -0.2) is 9.78 Å². The van der Waals surface area contributed by atoms with Crippen molar-refractivity contribution in [2.75, 3.05) is 12.3 Å². The summed E-state index contributed by atoms with van der Waals surface area (Å²) in [5.41, 5.74) is 3.64. The van der Waals surface area contributed by atoms with E-state index in [1.165, 1.54) is 0 Å². The molecule has 1 aromatic rings. The Bertz CT molecular complexity index is 425. The first-order chi connectivity index (χ1) is 7.77. The zero-order chi connectivity index (χ0) is 13.2. The molecule has 17 heavy (non-hydrogen) atoms. The Hall–Kier alpha value is -1.50. The molecule has 0 aliphatic rings. The highest BCUT2D eigenvalue weighted by Gasteiger charge is 2.34. The number of nitrogens with zero attached hydrogens (tertiary/aromatic N) is 1. The quantitative estimate of drug-likeness (QED) is 0.837. The molecule has 8 heteroatoms. The van der Waals surface area contributed by atoms with Gasteiger partial charge in [0.1, 0.15) is 17.1 Å². The van der Waals surface area contributed by atoms with Crippen molar-refractivity contribution in [1.29, 1.82) is 0 Å². The van der Waals surface area contributed by atoms with Gasteiger partial charge in [0.2, 0.25) is 0 Å². The lowest BCUT2D eigenvalue weighted by atomic mass is 10.2. The molecule has 1 rings (SSSR count). The number of pyridine rings is 1. The molecule has 94 valence electrons. The van der Waals surface area contributed by atoms with Gasteiger partial charge >= 0.3 is 12.1 Å². The molecule has 2 N–H and O–H groups in total. The summed E-state index contributed by atoms with van der Waals surface area (Å²) in [6, 6.07) is 0.532. The predicted molar refractivity (Wildman–Crippen MR) is 54.6 cm³/mol. The number of alkyl halides is 3. The first-order valence-electron chi connectivity index (χ1n) is 4.47.